The Kier molecular flexibility index (Phi) is 5.17. The molecule has 7 aromatic carbocycles. The number of hydrogen-bond donors (Lipinski definition) is 0. The molecule has 50 heavy (non-hydrogen) atoms. The van der Waals surface area contributed by atoms with Crippen LogP contribution in [0.4, 0.5) is 0 Å². The molecule has 0 spiro atoms. The number of furan rings is 2. The molecule has 0 fully saturated rings. The minimum absolute atomic E-state index is 0.00476. The lowest BCUT2D eigenvalue weighted by molar-refractivity contribution is 0.668. The highest BCUT2D eigenvalue weighted by Gasteiger charge is 2.18. The van der Waals surface area contributed by atoms with Gasteiger partial charge in [0.05, 0.1) is 8.22 Å². The highest BCUT2D eigenvalue weighted by Crippen LogP contribution is 2.39. The predicted octanol–water partition coefficient (Wildman–Crippen LogP) is 12.0. The predicted molar refractivity (Wildman–Crippen MR) is 202 cm³/mol. The third-order valence-corrected chi connectivity index (χ3v) is 8.86. The van der Waals surface area contributed by atoms with Gasteiger partial charge in [-0.2, -0.15) is 0 Å². The minimum atomic E-state index is -0.341. The minimum Gasteiger partial charge on any atom is -0.456 e. The van der Waals surface area contributed by atoms with Gasteiger partial charge in [0, 0.05) is 38.2 Å². The molecule has 5 heteroatoms. The van der Waals surface area contributed by atoms with Gasteiger partial charge in [0.15, 0.2) is 17.5 Å². The van der Waals surface area contributed by atoms with Gasteiger partial charge < -0.3 is 8.83 Å². The molecule has 234 valence electrons. The summed E-state index contributed by atoms with van der Waals surface area (Å²) in [5, 5.41) is 2.16. The van der Waals surface area contributed by atoms with Crippen LogP contribution < -0.4 is 0 Å². The van der Waals surface area contributed by atoms with Crippen molar-refractivity contribution in [3.8, 4) is 56.4 Å². The van der Waals surface area contributed by atoms with Crippen molar-refractivity contribution in [1.82, 2.24) is 15.0 Å². The van der Waals surface area contributed by atoms with Crippen molar-refractivity contribution in [2.45, 2.75) is 0 Å². The van der Waals surface area contributed by atoms with Crippen molar-refractivity contribution in [3.05, 3.63) is 164 Å². The van der Waals surface area contributed by atoms with E-state index in [2.05, 4.69) is 0 Å². The molecule has 0 unspecified atom stereocenters. The van der Waals surface area contributed by atoms with Crippen LogP contribution in [0.3, 0.4) is 0 Å². The van der Waals surface area contributed by atoms with E-state index in [4.69, 9.17) is 27.9 Å². The molecular weight excluding hydrogens is 615 g/mol. The Labute approximate surface area is 295 Å². The van der Waals surface area contributed by atoms with Crippen LogP contribution in [0.5, 0.6) is 0 Å². The highest BCUT2D eigenvalue weighted by molar-refractivity contribution is 6.13. The zero-order valence-corrected chi connectivity index (χ0v) is 26.3. The van der Waals surface area contributed by atoms with Gasteiger partial charge in [-0.3, -0.25) is 0 Å². The van der Waals surface area contributed by atoms with E-state index in [1.165, 1.54) is 0 Å². The van der Waals surface area contributed by atoms with Gasteiger partial charge in [-0.25, -0.2) is 15.0 Å². The Balaban J connectivity index is 1.24. The third-order valence-electron chi connectivity index (χ3n) is 8.86. The van der Waals surface area contributed by atoms with E-state index in [1.807, 2.05) is 103 Å². The first kappa shape index (κ1) is 22.7. The first-order valence-corrected chi connectivity index (χ1v) is 16.1. The number of aromatic nitrogens is 3. The number of nitrogens with zero attached hydrogens (tertiary/aromatic N) is 3. The Hall–Kier alpha value is -6.85. The standard InChI is InChI=1S/C45H27N3O2/c1-3-11-28(12-4-1)30-15-9-16-31(25-30)43-46-44(32-22-24-39-37(26-32)35-17-7-8-19-38(35)49-39)48-45(47-43)33-21-23-36-41(27-33)50-40-20-10-18-34(42(36)40)29-13-5-2-6-14-29/h1-27H/i10D,18D,20D,21D,23D,27D. The van der Waals surface area contributed by atoms with E-state index in [1.54, 1.807) is 24.3 Å². The number of para-hydroxylation sites is 1. The van der Waals surface area contributed by atoms with Gasteiger partial charge in [0.1, 0.15) is 22.3 Å². The van der Waals surface area contributed by atoms with Crippen molar-refractivity contribution in [2.24, 2.45) is 0 Å². The van der Waals surface area contributed by atoms with E-state index in [9.17, 15) is 4.11 Å². The number of hydrogen-bond acceptors (Lipinski definition) is 5. The molecule has 0 saturated heterocycles. The molecule has 10 aromatic rings. The average Bonchev–Trinajstić information content (AvgIpc) is 3.82. The fourth-order valence-corrected chi connectivity index (χ4v) is 6.46. The van der Waals surface area contributed by atoms with Crippen LogP contribution in [0.15, 0.2) is 172 Å². The fraction of sp³-hybridized carbons (Fsp3) is 0. The second kappa shape index (κ2) is 11.4. The maximum atomic E-state index is 9.51. The number of benzene rings is 7. The van der Waals surface area contributed by atoms with E-state index in [0.717, 1.165) is 27.5 Å². The molecule has 0 bridgehead atoms. The Morgan fingerprint density at radius 1 is 0.400 bits per heavy atom. The summed E-state index contributed by atoms with van der Waals surface area (Å²) in [7, 11) is 0. The first-order chi connectivity index (χ1) is 27.3. The number of fused-ring (bicyclic) bond motifs is 6. The summed E-state index contributed by atoms with van der Waals surface area (Å²) in [6, 6.07) is 38.4. The second-order valence-corrected chi connectivity index (χ2v) is 11.9. The Morgan fingerprint density at radius 2 is 1.04 bits per heavy atom. The van der Waals surface area contributed by atoms with E-state index in [0.29, 0.717) is 33.7 Å². The lowest BCUT2D eigenvalue weighted by Gasteiger charge is -2.10. The van der Waals surface area contributed by atoms with Gasteiger partial charge >= 0.3 is 0 Å². The van der Waals surface area contributed by atoms with Gasteiger partial charge in [0.2, 0.25) is 0 Å². The maximum absolute atomic E-state index is 9.51. The van der Waals surface area contributed by atoms with E-state index in [-0.39, 0.29) is 75.4 Å². The normalized spacial score (nSPS) is 13.3. The molecule has 5 nitrogen and oxygen atoms in total. The summed E-state index contributed by atoms with van der Waals surface area (Å²) in [6.45, 7) is 0. The molecule has 0 aliphatic carbocycles. The molecule has 0 N–H and O–H groups in total. The van der Waals surface area contributed by atoms with E-state index >= 15 is 0 Å². The van der Waals surface area contributed by atoms with Gasteiger partial charge in [0.25, 0.3) is 0 Å². The summed E-state index contributed by atoms with van der Waals surface area (Å²) >= 11 is 0. The average molecular weight is 648 g/mol. The summed E-state index contributed by atoms with van der Waals surface area (Å²) in [5.74, 6) is 0.581. The maximum Gasteiger partial charge on any atom is 0.164 e. The van der Waals surface area contributed by atoms with Crippen LogP contribution in [0.25, 0.3) is 100 Å². The molecule has 0 aliphatic heterocycles. The van der Waals surface area contributed by atoms with Crippen LogP contribution in [0.2, 0.25) is 0 Å². The van der Waals surface area contributed by atoms with Crippen LogP contribution in [0.1, 0.15) is 8.22 Å². The lowest BCUT2D eigenvalue weighted by atomic mass is 9.99. The van der Waals surface area contributed by atoms with Crippen LogP contribution >= 0.6 is 0 Å². The van der Waals surface area contributed by atoms with Crippen molar-refractivity contribution >= 4 is 43.9 Å². The van der Waals surface area contributed by atoms with Gasteiger partial charge in [-0.05, 0) is 70.7 Å². The molecule has 0 amide bonds. The van der Waals surface area contributed by atoms with Crippen molar-refractivity contribution in [2.75, 3.05) is 0 Å². The van der Waals surface area contributed by atoms with Crippen molar-refractivity contribution < 1.29 is 17.1 Å². The fourth-order valence-electron chi connectivity index (χ4n) is 6.46. The quantitative estimate of drug-likeness (QED) is 0.186. The Bertz CT molecular complexity index is 3220. The highest BCUT2D eigenvalue weighted by atomic mass is 16.3. The topological polar surface area (TPSA) is 65.0 Å². The monoisotopic (exact) mass is 647 g/mol. The van der Waals surface area contributed by atoms with Crippen LogP contribution in [-0.2, 0) is 0 Å². The molecule has 3 heterocycles. The molecule has 0 radical (unpaired) electrons. The summed E-state index contributed by atoms with van der Waals surface area (Å²) in [5.41, 5.74) is 5.47. The van der Waals surface area contributed by atoms with Crippen molar-refractivity contribution in [1.29, 1.82) is 0 Å². The van der Waals surface area contributed by atoms with Crippen molar-refractivity contribution in [3.63, 3.8) is 0 Å². The molecule has 0 aliphatic rings. The lowest BCUT2D eigenvalue weighted by Crippen LogP contribution is -2.00. The summed E-state index contributed by atoms with van der Waals surface area (Å²) in [6.07, 6.45) is 0. The van der Waals surface area contributed by atoms with Crippen LogP contribution in [0, 0.1) is 0 Å². The zero-order valence-electron chi connectivity index (χ0n) is 32.3. The summed E-state index contributed by atoms with van der Waals surface area (Å²) < 4.78 is 66.7. The van der Waals surface area contributed by atoms with Crippen LogP contribution in [-0.4, -0.2) is 15.0 Å². The molecule has 10 rings (SSSR count). The Morgan fingerprint density at radius 3 is 1.86 bits per heavy atom. The van der Waals surface area contributed by atoms with Gasteiger partial charge in [-0.1, -0.05) is 115 Å². The zero-order chi connectivity index (χ0) is 38.2. The molecule has 0 saturated carbocycles. The number of rotatable bonds is 5. The smallest absolute Gasteiger partial charge is 0.164 e. The summed E-state index contributed by atoms with van der Waals surface area (Å²) in [4.78, 5) is 14.7. The SMILES string of the molecule is [2H]c1c([2H])c(-c2ccccc2)c2c(oc3c([2H])c(-c4nc(-c5cccc(-c6ccccc6)c5)nc(-c5ccc6oc7ccccc7c6c5)n4)c([2H])c([2H])c32)c1[2H]. The van der Waals surface area contributed by atoms with E-state index < -0.39 is 0 Å². The van der Waals surface area contributed by atoms with Gasteiger partial charge in [-0.15, -0.1) is 0 Å². The largest absolute Gasteiger partial charge is 0.456 e. The molecule has 0 atom stereocenters. The third kappa shape index (κ3) is 4.75. The molecular formula is C45H27N3O2. The molecule has 3 aromatic heterocycles. The first-order valence-electron chi connectivity index (χ1n) is 19.1. The second-order valence-electron chi connectivity index (χ2n) is 11.9.